The highest BCUT2D eigenvalue weighted by atomic mass is 32.2. The molecule has 94 valence electrons. The second kappa shape index (κ2) is 6.37. The molecule has 0 aromatic carbocycles. The van der Waals surface area contributed by atoms with Gasteiger partial charge in [-0.3, -0.25) is 0 Å². The Hall–Kier alpha value is -0.390. The zero-order valence-corrected chi connectivity index (χ0v) is 10.7. The zero-order chi connectivity index (χ0) is 12.0. The van der Waals surface area contributed by atoms with Crippen molar-refractivity contribution in [2.24, 2.45) is 0 Å². The highest BCUT2D eigenvalue weighted by Gasteiger charge is 2.27. The average Bonchev–Trinajstić information content (AvgIpc) is 2.69. The van der Waals surface area contributed by atoms with E-state index in [4.69, 9.17) is 4.74 Å². The number of hydrogen-bond donors (Lipinski definition) is 1. The van der Waals surface area contributed by atoms with Crippen molar-refractivity contribution in [1.82, 2.24) is 4.72 Å². The molecule has 4 nitrogen and oxygen atoms in total. The van der Waals surface area contributed by atoms with E-state index in [0.29, 0.717) is 19.8 Å². The summed E-state index contributed by atoms with van der Waals surface area (Å²) < 4.78 is 31.3. The maximum atomic E-state index is 11.7. The maximum Gasteiger partial charge on any atom is 0.214 e. The first kappa shape index (κ1) is 13.7. The van der Waals surface area contributed by atoms with Crippen LogP contribution in [0.1, 0.15) is 32.6 Å². The second-order valence-electron chi connectivity index (χ2n) is 4.36. The second-order valence-corrected chi connectivity index (χ2v) is 6.40. The molecule has 16 heavy (non-hydrogen) atoms. The van der Waals surface area contributed by atoms with E-state index >= 15 is 0 Å². The molecule has 0 heterocycles. The lowest BCUT2D eigenvalue weighted by Gasteiger charge is -2.12. The van der Waals surface area contributed by atoms with Crippen LogP contribution in [0.5, 0.6) is 0 Å². The van der Waals surface area contributed by atoms with E-state index in [1.807, 2.05) is 6.92 Å². The molecule has 0 saturated heterocycles. The summed E-state index contributed by atoms with van der Waals surface area (Å²) in [5.74, 6) is 0. The van der Waals surface area contributed by atoms with Crippen LogP contribution in [0.4, 0.5) is 0 Å². The Morgan fingerprint density at radius 1 is 1.44 bits per heavy atom. The number of nitrogens with one attached hydrogen (secondary N) is 1. The summed E-state index contributed by atoms with van der Waals surface area (Å²) in [6.07, 6.45) is 3.64. The van der Waals surface area contributed by atoms with Crippen molar-refractivity contribution in [3.63, 3.8) is 0 Å². The Morgan fingerprint density at radius 2 is 2.06 bits per heavy atom. The van der Waals surface area contributed by atoms with Crippen molar-refractivity contribution in [2.45, 2.75) is 37.9 Å². The topological polar surface area (TPSA) is 55.4 Å². The summed E-state index contributed by atoms with van der Waals surface area (Å²) in [7, 11) is -3.11. The largest absolute Gasteiger partial charge is 0.376 e. The van der Waals surface area contributed by atoms with Crippen LogP contribution in [0, 0.1) is 0 Å². The number of sulfonamides is 1. The zero-order valence-electron chi connectivity index (χ0n) is 9.87. The Labute approximate surface area is 98.1 Å². The standard InChI is InChI=1S/C11H21NO3S/c1-10(2)9-15-8-7-12-16(13,14)11-5-3-4-6-11/h11-12H,1,3-9H2,2H3. The average molecular weight is 247 g/mol. The van der Waals surface area contributed by atoms with E-state index in [1.165, 1.54) is 0 Å². The molecule has 1 N–H and O–H groups in total. The molecule has 0 amide bonds. The molecular weight excluding hydrogens is 226 g/mol. The van der Waals surface area contributed by atoms with Crippen LogP contribution in [0.3, 0.4) is 0 Å². The Kier molecular flexibility index (Phi) is 5.44. The summed E-state index contributed by atoms with van der Waals surface area (Å²) in [6.45, 7) is 6.82. The molecule has 1 aliphatic carbocycles. The number of ether oxygens (including phenoxy) is 1. The van der Waals surface area contributed by atoms with E-state index in [-0.39, 0.29) is 5.25 Å². The maximum absolute atomic E-state index is 11.7. The highest BCUT2D eigenvalue weighted by Crippen LogP contribution is 2.23. The molecule has 1 aliphatic rings. The minimum absolute atomic E-state index is 0.186. The normalized spacial score (nSPS) is 17.8. The van der Waals surface area contributed by atoms with Crippen molar-refractivity contribution in [3.05, 3.63) is 12.2 Å². The minimum Gasteiger partial charge on any atom is -0.376 e. The highest BCUT2D eigenvalue weighted by molar-refractivity contribution is 7.90. The molecule has 1 fully saturated rings. The molecule has 0 atom stereocenters. The fourth-order valence-corrected chi connectivity index (χ4v) is 3.38. The van der Waals surface area contributed by atoms with E-state index in [9.17, 15) is 8.42 Å². The van der Waals surface area contributed by atoms with E-state index in [0.717, 1.165) is 31.3 Å². The third-order valence-electron chi connectivity index (χ3n) is 2.64. The van der Waals surface area contributed by atoms with Gasteiger partial charge in [0, 0.05) is 6.54 Å². The van der Waals surface area contributed by atoms with Gasteiger partial charge in [-0.15, -0.1) is 0 Å². The first-order valence-corrected chi connectivity index (χ1v) is 7.27. The third kappa shape index (κ3) is 4.63. The van der Waals surface area contributed by atoms with Gasteiger partial charge in [0.25, 0.3) is 0 Å². The van der Waals surface area contributed by atoms with Crippen molar-refractivity contribution in [2.75, 3.05) is 19.8 Å². The fourth-order valence-electron chi connectivity index (χ4n) is 1.82. The number of rotatable bonds is 7. The van der Waals surface area contributed by atoms with Gasteiger partial charge in [-0.25, -0.2) is 13.1 Å². The van der Waals surface area contributed by atoms with Gasteiger partial charge >= 0.3 is 0 Å². The molecule has 0 aliphatic heterocycles. The monoisotopic (exact) mass is 247 g/mol. The van der Waals surface area contributed by atoms with Gasteiger partial charge < -0.3 is 4.74 Å². The molecule has 0 unspecified atom stereocenters. The summed E-state index contributed by atoms with van der Waals surface area (Å²) in [5, 5.41) is -0.186. The summed E-state index contributed by atoms with van der Waals surface area (Å²) in [6, 6.07) is 0. The van der Waals surface area contributed by atoms with Crippen LogP contribution in [-0.2, 0) is 14.8 Å². The first-order valence-electron chi connectivity index (χ1n) is 5.73. The van der Waals surface area contributed by atoms with Gasteiger partial charge in [0.05, 0.1) is 18.5 Å². The molecule has 1 saturated carbocycles. The van der Waals surface area contributed by atoms with Crippen LogP contribution in [0.25, 0.3) is 0 Å². The minimum atomic E-state index is -3.11. The lowest BCUT2D eigenvalue weighted by molar-refractivity contribution is 0.162. The molecular formula is C11H21NO3S. The van der Waals surface area contributed by atoms with Crippen LogP contribution >= 0.6 is 0 Å². The van der Waals surface area contributed by atoms with Crippen LogP contribution in [0.15, 0.2) is 12.2 Å². The first-order chi connectivity index (χ1) is 7.52. The van der Waals surface area contributed by atoms with Crippen molar-refractivity contribution < 1.29 is 13.2 Å². The molecule has 0 spiro atoms. The molecule has 0 radical (unpaired) electrons. The van der Waals surface area contributed by atoms with Gasteiger partial charge in [-0.05, 0) is 19.8 Å². The van der Waals surface area contributed by atoms with Crippen molar-refractivity contribution >= 4 is 10.0 Å². The Bertz CT molecular complexity index is 318. The third-order valence-corrected chi connectivity index (χ3v) is 4.59. The predicted octanol–water partition coefficient (Wildman–Crippen LogP) is 1.44. The van der Waals surface area contributed by atoms with E-state index in [1.54, 1.807) is 0 Å². The Balaban J connectivity index is 2.18. The smallest absolute Gasteiger partial charge is 0.214 e. The Morgan fingerprint density at radius 3 is 2.62 bits per heavy atom. The summed E-state index contributed by atoms with van der Waals surface area (Å²) in [5.41, 5.74) is 0.943. The molecule has 0 aromatic rings. The molecule has 0 bridgehead atoms. The molecule has 5 heteroatoms. The number of hydrogen-bond acceptors (Lipinski definition) is 3. The SMILES string of the molecule is C=C(C)COCCNS(=O)(=O)C1CCCC1. The predicted molar refractivity (Wildman–Crippen MR) is 64.8 cm³/mol. The van der Waals surface area contributed by atoms with Crippen LogP contribution in [0.2, 0.25) is 0 Å². The summed E-state index contributed by atoms with van der Waals surface area (Å²) >= 11 is 0. The van der Waals surface area contributed by atoms with Gasteiger partial charge in [-0.1, -0.05) is 25.0 Å². The van der Waals surface area contributed by atoms with E-state index in [2.05, 4.69) is 11.3 Å². The van der Waals surface area contributed by atoms with Gasteiger partial charge in [0.2, 0.25) is 10.0 Å². The van der Waals surface area contributed by atoms with Gasteiger partial charge in [0.1, 0.15) is 0 Å². The molecule has 0 aromatic heterocycles. The molecule has 1 rings (SSSR count). The lowest BCUT2D eigenvalue weighted by atomic mass is 10.4. The van der Waals surface area contributed by atoms with Crippen LogP contribution in [-0.4, -0.2) is 33.4 Å². The van der Waals surface area contributed by atoms with Crippen LogP contribution < -0.4 is 4.72 Å². The fraction of sp³-hybridized carbons (Fsp3) is 0.818. The van der Waals surface area contributed by atoms with E-state index < -0.39 is 10.0 Å². The quantitative estimate of drug-likeness (QED) is 0.547. The lowest BCUT2D eigenvalue weighted by Crippen LogP contribution is -2.34. The summed E-state index contributed by atoms with van der Waals surface area (Å²) in [4.78, 5) is 0. The van der Waals surface area contributed by atoms with Gasteiger partial charge in [0.15, 0.2) is 0 Å². The van der Waals surface area contributed by atoms with Crippen molar-refractivity contribution in [3.8, 4) is 0 Å². The van der Waals surface area contributed by atoms with Gasteiger partial charge in [-0.2, -0.15) is 0 Å². The van der Waals surface area contributed by atoms with Crippen molar-refractivity contribution in [1.29, 1.82) is 0 Å².